The summed E-state index contributed by atoms with van der Waals surface area (Å²) in [6.07, 6.45) is 3.55. The molecule has 1 unspecified atom stereocenters. The molecule has 3 heterocycles. The highest BCUT2D eigenvalue weighted by atomic mass is 32.2. The van der Waals surface area contributed by atoms with Gasteiger partial charge in [0.2, 0.25) is 15.9 Å². The fourth-order valence-electron chi connectivity index (χ4n) is 4.57. The maximum absolute atomic E-state index is 11.7. The SMILES string of the molecule is COC1(c2cncc(OCC(O)c3nc(-c4ccccc4)c(-c4ccc(S(N)(=O)=O)cc4)o3)c2)CCOCC1. The van der Waals surface area contributed by atoms with Crippen LogP contribution in [0.3, 0.4) is 0 Å². The molecular formula is C28H29N3O7S. The number of ether oxygens (including phenoxy) is 3. The maximum atomic E-state index is 11.7. The Morgan fingerprint density at radius 2 is 1.77 bits per heavy atom. The van der Waals surface area contributed by atoms with Gasteiger partial charge in [-0.15, -0.1) is 0 Å². The number of hydrogen-bond donors (Lipinski definition) is 2. The summed E-state index contributed by atoms with van der Waals surface area (Å²) in [5.74, 6) is 0.908. The highest BCUT2D eigenvalue weighted by Crippen LogP contribution is 2.37. The zero-order valence-electron chi connectivity index (χ0n) is 21.3. The molecule has 1 aliphatic heterocycles. The Kier molecular flexibility index (Phi) is 7.78. The summed E-state index contributed by atoms with van der Waals surface area (Å²) in [5, 5.41) is 16.2. The summed E-state index contributed by atoms with van der Waals surface area (Å²) >= 11 is 0. The van der Waals surface area contributed by atoms with Gasteiger partial charge in [-0.25, -0.2) is 18.5 Å². The van der Waals surface area contributed by atoms with Crippen molar-refractivity contribution in [3.05, 3.63) is 84.5 Å². The molecule has 204 valence electrons. The molecule has 0 spiro atoms. The van der Waals surface area contributed by atoms with Gasteiger partial charge in [0.05, 0.1) is 16.7 Å². The molecule has 39 heavy (non-hydrogen) atoms. The number of sulfonamides is 1. The largest absolute Gasteiger partial charge is 0.489 e. The van der Waals surface area contributed by atoms with Crippen molar-refractivity contribution >= 4 is 10.0 Å². The minimum atomic E-state index is -3.84. The molecule has 2 aromatic heterocycles. The lowest BCUT2D eigenvalue weighted by Gasteiger charge is -2.36. The third-order valence-electron chi connectivity index (χ3n) is 6.76. The number of nitrogens with zero attached hydrogens (tertiary/aromatic N) is 2. The van der Waals surface area contributed by atoms with E-state index in [0.29, 0.717) is 48.8 Å². The number of rotatable bonds is 9. The Morgan fingerprint density at radius 1 is 1.05 bits per heavy atom. The summed E-state index contributed by atoms with van der Waals surface area (Å²) in [6, 6.07) is 17.2. The topological polar surface area (TPSA) is 147 Å². The van der Waals surface area contributed by atoms with Gasteiger partial charge in [-0.1, -0.05) is 30.3 Å². The molecule has 0 amide bonds. The van der Waals surface area contributed by atoms with E-state index in [2.05, 4.69) is 9.97 Å². The standard InChI is InChI=1S/C28H29N3O7S/c1-35-28(11-13-36-14-12-28)21-15-22(17-30-16-21)37-18-24(32)27-31-25(19-5-3-2-4-6-19)26(38-27)20-7-9-23(10-8-20)39(29,33)34/h2-10,15-17,24,32H,11-14,18H2,1H3,(H2,29,33,34). The first kappa shape index (κ1) is 27.0. The van der Waals surface area contributed by atoms with Gasteiger partial charge < -0.3 is 23.7 Å². The van der Waals surface area contributed by atoms with E-state index in [4.69, 9.17) is 23.8 Å². The first-order valence-corrected chi connectivity index (χ1v) is 13.9. The van der Waals surface area contributed by atoms with E-state index >= 15 is 0 Å². The Morgan fingerprint density at radius 3 is 2.44 bits per heavy atom. The van der Waals surface area contributed by atoms with Crippen LogP contribution in [0.25, 0.3) is 22.6 Å². The molecule has 5 rings (SSSR count). The van der Waals surface area contributed by atoms with E-state index in [1.807, 2.05) is 36.4 Å². The van der Waals surface area contributed by atoms with Crippen LogP contribution in [0, 0.1) is 0 Å². The Hall–Kier alpha value is -3.61. The molecule has 0 radical (unpaired) electrons. The number of nitrogens with two attached hydrogens (primary N) is 1. The summed E-state index contributed by atoms with van der Waals surface area (Å²) in [5.41, 5.74) is 2.23. The van der Waals surface area contributed by atoms with Crippen LogP contribution in [0.15, 0.2) is 82.4 Å². The molecule has 0 saturated carbocycles. The van der Waals surface area contributed by atoms with Crippen LogP contribution in [0.1, 0.15) is 30.4 Å². The van der Waals surface area contributed by atoms with Crippen molar-refractivity contribution in [2.45, 2.75) is 29.4 Å². The van der Waals surface area contributed by atoms with Gasteiger partial charge in [-0.05, 0) is 30.3 Å². The van der Waals surface area contributed by atoms with E-state index in [-0.39, 0.29) is 17.4 Å². The average molecular weight is 552 g/mol. The van der Waals surface area contributed by atoms with Crippen LogP contribution in [-0.2, 0) is 25.1 Å². The monoisotopic (exact) mass is 551 g/mol. The lowest BCUT2D eigenvalue weighted by molar-refractivity contribution is -0.0950. The summed E-state index contributed by atoms with van der Waals surface area (Å²) in [4.78, 5) is 8.85. The number of primary sulfonamides is 1. The van der Waals surface area contributed by atoms with Crippen molar-refractivity contribution < 1.29 is 32.2 Å². The molecule has 2 aromatic carbocycles. The van der Waals surface area contributed by atoms with Crippen molar-refractivity contribution in [2.24, 2.45) is 5.14 Å². The third-order valence-corrected chi connectivity index (χ3v) is 7.69. The predicted molar refractivity (Wildman–Crippen MR) is 142 cm³/mol. The first-order chi connectivity index (χ1) is 18.8. The van der Waals surface area contributed by atoms with Crippen LogP contribution in [-0.4, -0.2) is 50.4 Å². The average Bonchev–Trinajstić information content (AvgIpc) is 3.42. The normalized spacial score (nSPS) is 16.1. The number of benzene rings is 2. The first-order valence-electron chi connectivity index (χ1n) is 12.4. The van der Waals surface area contributed by atoms with Crippen molar-refractivity contribution in [3.63, 3.8) is 0 Å². The highest BCUT2D eigenvalue weighted by Gasteiger charge is 2.35. The molecule has 1 saturated heterocycles. The number of methoxy groups -OCH3 is 1. The van der Waals surface area contributed by atoms with Gasteiger partial charge in [0.1, 0.15) is 18.1 Å². The third kappa shape index (κ3) is 5.87. The zero-order chi connectivity index (χ0) is 27.5. The minimum absolute atomic E-state index is 0.0208. The van der Waals surface area contributed by atoms with E-state index in [1.165, 1.54) is 12.1 Å². The number of pyridine rings is 1. The van der Waals surface area contributed by atoms with Crippen molar-refractivity contribution in [2.75, 3.05) is 26.9 Å². The van der Waals surface area contributed by atoms with Crippen LogP contribution in [0.4, 0.5) is 0 Å². The molecule has 3 N–H and O–H groups in total. The molecule has 4 aromatic rings. The summed E-state index contributed by atoms with van der Waals surface area (Å²) < 4.78 is 46.6. The van der Waals surface area contributed by atoms with Crippen LogP contribution in [0.5, 0.6) is 5.75 Å². The fraction of sp³-hybridized carbons (Fsp3) is 0.286. The molecule has 1 atom stereocenters. The Bertz CT molecular complexity index is 1520. The second-order valence-electron chi connectivity index (χ2n) is 9.21. The van der Waals surface area contributed by atoms with Crippen LogP contribution < -0.4 is 9.88 Å². The number of hydrogen-bond acceptors (Lipinski definition) is 9. The summed E-state index contributed by atoms with van der Waals surface area (Å²) in [7, 11) is -2.17. The van der Waals surface area contributed by atoms with Crippen molar-refractivity contribution in [1.29, 1.82) is 0 Å². The van der Waals surface area contributed by atoms with Gasteiger partial charge in [0.15, 0.2) is 11.9 Å². The van der Waals surface area contributed by atoms with Gasteiger partial charge in [-0.3, -0.25) is 4.98 Å². The molecule has 0 bridgehead atoms. The number of aliphatic hydroxyl groups is 1. The minimum Gasteiger partial charge on any atom is -0.489 e. The molecule has 11 heteroatoms. The van der Waals surface area contributed by atoms with E-state index in [1.54, 1.807) is 31.6 Å². The molecule has 1 aliphatic rings. The maximum Gasteiger partial charge on any atom is 0.238 e. The lowest BCUT2D eigenvalue weighted by atomic mass is 9.87. The van der Waals surface area contributed by atoms with E-state index < -0.39 is 21.7 Å². The smallest absolute Gasteiger partial charge is 0.238 e. The van der Waals surface area contributed by atoms with Gasteiger partial charge >= 0.3 is 0 Å². The fourth-order valence-corrected chi connectivity index (χ4v) is 5.08. The number of aliphatic hydroxyl groups excluding tert-OH is 1. The Balaban J connectivity index is 1.39. The number of aromatic nitrogens is 2. The quantitative estimate of drug-likeness (QED) is 0.317. The molecule has 1 fully saturated rings. The summed E-state index contributed by atoms with van der Waals surface area (Å²) in [6.45, 7) is 1.06. The van der Waals surface area contributed by atoms with Gasteiger partial charge in [0.25, 0.3) is 0 Å². The van der Waals surface area contributed by atoms with Crippen LogP contribution in [0.2, 0.25) is 0 Å². The van der Waals surface area contributed by atoms with Crippen LogP contribution >= 0.6 is 0 Å². The molecular weight excluding hydrogens is 522 g/mol. The predicted octanol–water partition coefficient (Wildman–Crippen LogP) is 3.82. The van der Waals surface area contributed by atoms with E-state index in [9.17, 15) is 13.5 Å². The van der Waals surface area contributed by atoms with Crippen molar-refractivity contribution in [1.82, 2.24) is 9.97 Å². The lowest BCUT2D eigenvalue weighted by Crippen LogP contribution is -2.35. The van der Waals surface area contributed by atoms with Gasteiger partial charge in [-0.2, -0.15) is 0 Å². The zero-order valence-corrected chi connectivity index (χ0v) is 22.1. The molecule has 0 aliphatic carbocycles. The Labute approximate surface area is 226 Å². The van der Waals surface area contributed by atoms with Gasteiger partial charge in [0, 0.05) is 56.1 Å². The van der Waals surface area contributed by atoms with E-state index in [0.717, 1.165) is 11.1 Å². The highest BCUT2D eigenvalue weighted by molar-refractivity contribution is 7.89. The second-order valence-corrected chi connectivity index (χ2v) is 10.8. The second kappa shape index (κ2) is 11.2. The molecule has 10 nitrogen and oxygen atoms in total. The number of oxazole rings is 1. The van der Waals surface area contributed by atoms with Crippen molar-refractivity contribution in [3.8, 4) is 28.3 Å².